The first kappa shape index (κ1) is 17.2. The van der Waals surface area contributed by atoms with Crippen molar-refractivity contribution in [3.63, 3.8) is 0 Å². The first-order valence-corrected chi connectivity index (χ1v) is 7.22. The average molecular weight is 291 g/mol. The van der Waals surface area contributed by atoms with E-state index in [2.05, 4.69) is 33.4 Å². The highest BCUT2D eigenvalue weighted by Crippen LogP contribution is 2.23. The maximum absolute atomic E-state index is 10.7. The molecule has 0 unspecified atom stereocenters. The third-order valence-corrected chi connectivity index (χ3v) is 3.29. The molecule has 0 bridgehead atoms. The van der Waals surface area contributed by atoms with E-state index in [-0.39, 0.29) is 6.54 Å². The second kappa shape index (κ2) is 8.47. The molecule has 0 saturated carbocycles. The van der Waals surface area contributed by atoms with Crippen LogP contribution in [0.1, 0.15) is 30.9 Å². The fourth-order valence-corrected chi connectivity index (χ4v) is 2.29. The second-order valence-electron chi connectivity index (χ2n) is 5.44. The van der Waals surface area contributed by atoms with Crippen molar-refractivity contribution in [2.45, 2.75) is 26.7 Å². The molecule has 1 rings (SSSR count). The molecule has 0 aliphatic heterocycles. The number of ether oxygens (including phenoxy) is 1. The van der Waals surface area contributed by atoms with Gasteiger partial charge in [0.15, 0.2) is 0 Å². The van der Waals surface area contributed by atoms with Gasteiger partial charge in [-0.15, -0.1) is 6.58 Å². The van der Waals surface area contributed by atoms with Crippen molar-refractivity contribution in [2.75, 3.05) is 26.2 Å². The van der Waals surface area contributed by atoms with E-state index in [1.807, 2.05) is 12.1 Å². The van der Waals surface area contributed by atoms with Crippen LogP contribution in [0.2, 0.25) is 0 Å². The Balaban J connectivity index is 2.52. The van der Waals surface area contributed by atoms with Crippen LogP contribution < -0.4 is 4.74 Å². The maximum Gasteiger partial charge on any atom is 0.317 e. The number of benzene rings is 1. The molecule has 0 amide bonds. The number of carbonyl (C=O) groups is 1. The Hall–Kier alpha value is -1.81. The van der Waals surface area contributed by atoms with E-state index in [1.54, 1.807) is 11.0 Å². The molecule has 1 aromatic carbocycles. The number of hydrogen-bond donors (Lipinski definition) is 1. The Bertz CT molecular complexity index is 483. The number of aryl methyl sites for hydroxylation is 1. The average Bonchev–Trinajstić information content (AvgIpc) is 2.37. The minimum Gasteiger partial charge on any atom is -0.492 e. The number of aliphatic carboxylic acids is 1. The quantitative estimate of drug-likeness (QED) is 0.710. The van der Waals surface area contributed by atoms with Gasteiger partial charge in [-0.2, -0.15) is 0 Å². The van der Waals surface area contributed by atoms with E-state index in [4.69, 9.17) is 9.84 Å². The zero-order chi connectivity index (χ0) is 15.8. The molecule has 0 aliphatic rings. The van der Waals surface area contributed by atoms with Crippen molar-refractivity contribution in [3.8, 4) is 5.75 Å². The van der Waals surface area contributed by atoms with Crippen LogP contribution in [-0.4, -0.2) is 42.2 Å². The highest BCUT2D eigenvalue weighted by Gasteiger charge is 2.09. The van der Waals surface area contributed by atoms with Gasteiger partial charge in [0.05, 0.1) is 6.54 Å². The molecule has 0 spiro atoms. The van der Waals surface area contributed by atoms with Crippen LogP contribution in [0.5, 0.6) is 5.75 Å². The lowest BCUT2D eigenvalue weighted by atomic mass is 9.98. The third kappa shape index (κ3) is 6.00. The van der Waals surface area contributed by atoms with Crippen molar-refractivity contribution < 1.29 is 14.6 Å². The predicted octanol–water partition coefficient (Wildman–Crippen LogP) is 3.07. The number of carboxylic acids is 1. The first-order valence-electron chi connectivity index (χ1n) is 7.22. The fraction of sp³-hybridized carbons (Fsp3) is 0.471. The molecule has 0 heterocycles. The summed E-state index contributed by atoms with van der Waals surface area (Å²) < 4.78 is 5.71. The van der Waals surface area contributed by atoms with E-state index in [0.29, 0.717) is 25.6 Å². The van der Waals surface area contributed by atoms with E-state index >= 15 is 0 Å². The molecule has 0 fully saturated rings. The molecule has 0 saturated heterocycles. The summed E-state index contributed by atoms with van der Waals surface area (Å²) in [6.45, 7) is 11.6. The fourth-order valence-electron chi connectivity index (χ4n) is 2.29. The summed E-state index contributed by atoms with van der Waals surface area (Å²) in [5.41, 5.74) is 2.54. The first-order chi connectivity index (χ1) is 9.93. The van der Waals surface area contributed by atoms with Gasteiger partial charge in [-0.05, 0) is 36.1 Å². The Labute approximate surface area is 127 Å². The Kier molecular flexibility index (Phi) is 6.96. The molecule has 0 radical (unpaired) electrons. The van der Waals surface area contributed by atoms with Gasteiger partial charge >= 0.3 is 5.97 Å². The van der Waals surface area contributed by atoms with Crippen LogP contribution >= 0.6 is 0 Å². The SMILES string of the molecule is C=CCN(CCOc1ccc(C(C)C)c(C)c1)CC(=O)O. The van der Waals surface area contributed by atoms with Crippen LogP contribution in [0.15, 0.2) is 30.9 Å². The summed E-state index contributed by atoms with van der Waals surface area (Å²) in [6.07, 6.45) is 1.70. The number of hydrogen-bond acceptors (Lipinski definition) is 3. The van der Waals surface area contributed by atoms with Gasteiger partial charge in [-0.25, -0.2) is 0 Å². The third-order valence-electron chi connectivity index (χ3n) is 3.29. The monoisotopic (exact) mass is 291 g/mol. The molecule has 116 valence electrons. The van der Waals surface area contributed by atoms with Gasteiger partial charge in [0, 0.05) is 13.1 Å². The summed E-state index contributed by atoms with van der Waals surface area (Å²) >= 11 is 0. The van der Waals surface area contributed by atoms with Crippen LogP contribution in [-0.2, 0) is 4.79 Å². The van der Waals surface area contributed by atoms with Crippen molar-refractivity contribution in [1.82, 2.24) is 4.90 Å². The zero-order valence-electron chi connectivity index (χ0n) is 13.1. The van der Waals surface area contributed by atoms with E-state index in [9.17, 15) is 4.79 Å². The summed E-state index contributed by atoms with van der Waals surface area (Å²) in [7, 11) is 0. The molecule has 1 N–H and O–H groups in total. The summed E-state index contributed by atoms with van der Waals surface area (Å²) in [5, 5.41) is 8.83. The molecule has 0 aromatic heterocycles. The highest BCUT2D eigenvalue weighted by molar-refractivity contribution is 5.69. The van der Waals surface area contributed by atoms with Crippen LogP contribution in [0, 0.1) is 6.92 Å². The van der Waals surface area contributed by atoms with Crippen LogP contribution in [0.25, 0.3) is 0 Å². The predicted molar refractivity (Wildman–Crippen MR) is 85.0 cm³/mol. The number of nitrogens with zero attached hydrogens (tertiary/aromatic N) is 1. The summed E-state index contributed by atoms with van der Waals surface area (Å²) in [4.78, 5) is 12.5. The standard InChI is InChI=1S/C17H25NO3/c1-5-8-18(12-17(19)20)9-10-21-15-6-7-16(13(2)3)14(4)11-15/h5-7,11,13H,1,8-10,12H2,2-4H3,(H,19,20). The number of rotatable bonds is 9. The molecule has 4 heteroatoms. The van der Waals surface area contributed by atoms with Crippen LogP contribution in [0.3, 0.4) is 0 Å². The van der Waals surface area contributed by atoms with E-state index < -0.39 is 5.97 Å². The van der Waals surface area contributed by atoms with Gasteiger partial charge in [-0.3, -0.25) is 9.69 Å². The van der Waals surface area contributed by atoms with Crippen molar-refractivity contribution >= 4 is 5.97 Å². The Morgan fingerprint density at radius 3 is 2.71 bits per heavy atom. The smallest absolute Gasteiger partial charge is 0.317 e. The Morgan fingerprint density at radius 2 is 2.19 bits per heavy atom. The lowest BCUT2D eigenvalue weighted by Gasteiger charge is -2.19. The minimum absolute atomic E-state index is 0.000690. The van der Waals surface area contributed by atoms with Gasteiger partial charge in [-0.1, -0.05) is 26.0 Å². The van der Waals surface area contributed by atoms with E-state index in [1.165, 1.54) is 11.1 Å². The zero-order valence-corrected chi connectivity index (χ0v) is 13.1. The molecule has 1 aromatic rings. The van der Waals surface area contributed by atoms with E-state index in [0.717, 1.165) is 5.75 Å². The highest BCUT2D eigenvalue weighted by atomic mass is 16.5. The van der Waals surface area contributed by atoms with Gasteiger partial charge in [0.25, 0.3) is 0 Å². The molecular formula is C17H25NO3. The molecule has 21 heavy (non-hydrogen) atoms. The van der Waals surface area contributed by atoms with Crippen molar-refractivity contribution in [3.05, 3.63) is 42.0 Å². The normalized spacial score (nSPS) is 10.9. The maximum atomic E-state index is 10.7. The van der Waals surface area contributed by atoms with Crippen LogP contribution in [0.4, 0.5) is 0 Å². The molecule has 0 aliphatic carbocycles. The van der Waals surface area contributed by atoms with Crippen molar-refractivity contribution in [1.29, 1.82) is 0 Å². The van der Waals surface area contributed by atoms with Crippen molar-refractivity contribution in [2.24, 2.45) is 0 Å². The lowest BCUT2D eigenvalue weighted by Crippen LogP contribution is -2.33. The molecular weight excluding hydrogens is 266 g/mol. The second-order valence-corrected chi connectivity index (χ2v) is 5.44. The largest absolute Gasteiger partial charge is 0.492 e. The van der Waals surface area contributed by atoms with Gasteiger partial charge < -0.3 is 9.84 Å². The number of carboxylic acid groups (broad SMARTS) is 1. The summed E-state index contributed by atoms with van der Waals surface area (Å²) in [5.74, 6) is 0.484. The summed E-state index contributed by atoms with van der Waals surface area (Å²) in [6, 6.07) is 6.09. The lowest BCUT2D eigenvalue weighted by molar-refractivity contribution is -0.138. The minimum atomic E-state index is -0.839. The van der Waals surface area contributed by atoms with Gasteiger partial charge in [0.2, 0.25) is 0 Å². The molecule has 0 atom stereocenters. The molecule has 4 nitrogen and oxygen atoms in total. The Morgan fingerprint density at radius 1 is 1.48 bits per heavy atom. The van der Waals surface area contributed by atoms with Gasteiger partial charge in [0.1, 0.15) is 12.4 Å². The topological polar surface area (TPSA) is 49.8 Å².